The molecule has 19 heavy (non-hydrogen) atoms. The molecule has 2 aromatic rings. The molecular formula is C15H22N4. The quantitative estimate of drug-likeness (QED) is 0.867. The Morgan fingerprint density at radius 3 is 2.47 bits per heavy atom. The highest BCUT2D eigenvalue weighted by atomic mass is 15.3. The van der Waals surface area contributed by atoms with Gasteiger partial charge in [0.15, 0.2) is 0 Å². The lowest BCUT2D eigenvalue weighted by atomic mass is 10.1. The van der Waals surface area contributed by atoms with Crippen molar-refractivity contribution in [2.45, 2.75) is 32.9 Å². The lowest BCUT2D eigenvalue weighted by Gasteiger charge is -2.17. The first-order valence-electron chi connectivity index (χ1n) is 6.67. The molecule has 1 atom stereocenters. The molecule has 0 radical (unpaired) electrons. The van der Waals surface area contributed by atoms with E-state index in [1.165, 1.54) is 5.56 Å². The average Bonchev–Trinajstić information content (AvgIpc) is 2.88. The zero-order valence-corrected chi connectivity index (χ0v) is 11.8. The second-order valence-corrected chi connectivity index (χ2v) is 5.15. The third-order valence-electron chi connectivity index (χ3n) is 3.18. The van der Waals surface area contributed by atoms with Crippen LogP contribution in [0.4, 0.5) is 5.69 Å². The number of aryl methyl sites for hydroxylation is 1. The Bertz CT molecular complexity index is 513. The predicted octanol–water partition coefficient (Wildman–Crippen LogP) is 2.88. The Hall–Kier alpha value is -1.81. The van der Waals surface area contributed by atoms with E-state index in [1.807, 2.05) is 10.9 Å². The van der Waals surface area contributed by atoms with Gasteiger partial charge in [0.1, 0.15) is 0 Å². The molecule has 0 bridgehead atoms. The Kier molecular flexibility index (Phi) is 4.22. The SMILES string of the molecule is Cc1ccc(NC(CN)c2cnn(C(C)C)c2)cc1. The van der Waals surface area contributed by atoms with Crippen LogP contribution in [0.5, 0.6) is 0 Å². The smallest absolute Gasteiger partial charge is 0.0667 e. The first-order chi connectivity index (χ1) is 9.10. The van der Waals surface area contributed by atoms with Crippen LogP contribution in [-0.2, 0) is 0 Å². The normalized spacial score (nSPS) is 12.7. The van der Waals surface area contributed by atoms with E-state index in [1.54, 1.807) is 0 Å². The lowest BCUT2D eigenvalue weighted by molar-refractivity contribution is 0.531. The van der Waals surface area contributed by atoms with Crippen LogP contribution in [-0.4, -0.2) is 16.3 Å². The van der Waals surface area contributed by atoms with Crippen molar-refractivity contribution in [2.75, 3.05) is 11.9 Å². The number of nitrogens with two attached hydrogens (primary N) is 1. The predicted molar refractivity (Wildman–Crippen MR) is 79.2 cm³/mol. The number of benzene rings is 1. The van der Waals surface area contributed by atoms with Crippen LogP contribution in [0.3, 0.4) is 0 Å². The summed E-state index contributed by atoms with van der Waals surface area (Å²) in [6.45, 7) is 6.85. The molecule has 3 N–H and O–H groups in total. The minimum atomic E-state index is 0.0928. The van der Waals surface area contributed by atoms with Crippen LogP contribution in [0.1, 0.15) is 37.1 Å². The van der Waals surface area contributed by atoms with Gasteiger partial charge in [0.2, 0.25) is 0 Å². The van der Waals surface area contributed by atoms with Crippen LogP contribution >= 0.6 is 0 Å². The molecule has 0 aliphatic rings. The fourth-order valence-corrected chi connectivity index (χ4v) is 1.94. The van der Waals surface area contributed by atoms with Gasteiger partial charge < -0.3 is 11.1 Å². The van der Waals surface area contributed by atoms with Crippen LogP contribution in [0.15, 0.2) is 36.7 Å². The first kappa shape index (κ1) is 13.6. The first-order valence-corrected chi connectivity index (χ1v) is 6.67. The van der Waals surface area contributed by atoms with Crippen LogP contribution in [0.2, 0.25) is 0 Å². The summed E-state index contributed by atoms with van der Waals surface area (Å²) in [7, 11) is 0. The van der Waals surface area contributed by atoms with Crippen LogP contribution in [0, 0.1) is 6.92 Å². The fraction of sp³-hybridized carbons (Fsp3) is 0.400. The topological polar surface area (TPSA) is 55.9 Å². The third kappa shape index (κ3) is 3.35. The molecule has 2 rings (SSSR count). The second-order valence-electron chi connectivity index (χ2n) is 5.15. The molecule has 102 valence electrons. The molecule has 4 nitrogen and oxygen atoms in total. The van der Waals surface area contributed by atoms with Gasteiger partial charge in [-0.05, 0) is 32.9 Å². The zero-order chi connectivity index (χ0) is 13.8. The summed E-state index contributed by atoms with van der Waals surface area (Å²) in [6, 6.07) is 8.79. The van der Waals surface area contributed by atoms with Gasteiger partial charge in [-0.25, -0.2) is 0 Å². The number of nitrogens with zero attached hydrogens (tertiary/aromatic N) is 2. The molecule has 0 saturated carbocycles. The largest absolute Gasteiger partial charge is 0.377 e. The minimum absolute atomic E-state index is 0.0928. The van der Waals surface area contributed by atoms with Crippen molar-refractivity contribution in [3.05, 3.63) is 47.8 Å². The van der Waals surface area contributed by atoms with Gasteiger partial charge in [0.25, 0.3) is 0 Å². The van der Waals surface area contributed by atoms with Gasteiger partial charge in [-0.3, -0.25) is 4.68 Å². The van der Waals surface area contributed by atoms with Gasteiger partial charge in [-0.1, -0.05) is 17.7 Å². The summed E-state index contributed by atoms with van der Waals surface area (Å²) < 4.78 is 1.95. The Morgan fingerprint density at radius 2 is 1.95 bits per heavy atom. The molecule has 1 heterocycles. The molecule has 0 aliphatic carbocycles. The van der Waals surface area contributed by atoms with Crippen LogP contribution in [0.25, 0.3) is 0 Å². The standard InChI is InChI=1S/C15H22N4/c1-11(2)19-10-13(9-17-19)15(8-16)18-14-6-4-12(3)5-7-14/h4-7,9-11,15,18H,8,16H2,1-3H3. The maximum Gasteiger partial charge on any atom is 0.0667 e. The number of rotatable bonds is 5. The van der Waals surface area contributed by atoms with E-state index in [-0.39, 0.29) is 6.04 Å². The molecule has 0 saturated heterocycles. The fourth-order valence-electron chi connectivity index (χ4n) is 1.94. The van der Waals surface area contributed by atoms with E-state index in [2.05, 4.69) is 61.6 Å². The monoisotopic (exact) mass is 258 g/mol. The van der Waals surface area contributed by atoms with Crippen molar-refractivity contribution in [1.82, 2.24) is 9.78 Å². The van der Waals surface area contributed by atoms with Crippen LogP contribution < -0.4 is 11.1 Å². The summed E-state index contributed by atoms with van der Waals surface area (Å²) in [5.41, 5.74) is 9.32. The molecule has 1 aromatic carbocycles. The van der Waals surface area contributed by atoms with Gasteiger partial charge >= 0.3 is 0 Å². The molecule has 4 heteroatoms. The van der Waals surface area contributed by atoms with Crippen molar-refractivity contribution in [3.8, 4) is 0 Å². The van der Waals surface area contributed by atoms with Gasteiger partial charge in [-0.2, -0.15) is 5.10 Å². The molecule has 0 fully saturated rings. The average molecular weight is 258 g/mol. The van der Waals surface area contributed by atoms with Crippen molar-refractivity contribution in [3.63, 3.8) is 0 Å². The van der Waals surface area contributed by atoms with Gasteiger partial charge in [-0.15, -0.1) is 0 Å². The second kappa shape index (κ2) is 5.89. The zero-order valence-electron chi connectivity index (χ0n) is 11.8. The van der Waals surface area contributed by atoms with E-state index >= 15 is 0 Å². The molecule has 0 amide bonds. The molecule has 1 aromatic heterocycles. The minimum Gasteiger partial charge on any atom is -0.377 e. The summed E-state index contributed by atoms with van der Waals surface area (Å²) in [6.07, 6.45) is 3.95. The van der Waals surface area contributed by atoms with E-state index in [9.17, 15) is 0 Å². The summed E-state index contributed by atoms with van der Waals surface area (Å²) in [4.78, 5) is 0. The molecule has 0 aliphatic heterocycles. The van der Waals surface area contributed by atoms with Gasteiger partial charge in [0, 0.05) is 30.0 Å². The summed E-state index contributed by atoms with van der Waals surface area (Å²) >= 11 is 0. The maximum absolute atomic E-state index is 5.87. The maximum atomic E-state index is 5.87. The van der Waals surface area contributed by atoms with Gasteiger partial charge in [0.05, 0.1) is 12.2 Å². The number of aromatic nitrogens is 2. The lowest BCUT2D eigenvalue weighted by Crippen LogP contribution is -2.20. The Labute approximate surface area is 114 Å². The number of hydrogen-bond donors (Lipinski definition) is 2. The highest BCUT2D eigenvalue weighted by Gasteiger charge is 2.12. The van der Waals surface area contributed by atoms with Crippen molar-refractivity contribution < 1.29 is 0 Å². The van der Waals surface area contributed by atoms with E-state index in [4.69, 9.17) is 5.73 Å². The van der Waals surface area contributed by atoms with E-state index in [0.29, 0.717) is 12.6 Å². The number of nitrogens with one attached hydrogen (secondary N) is 1. The van der Waals surface area contributed by atoms with E-state index < -0.39 is 0 Å². The highest BCUT2D eigenvalue weighted by Crippen LogP contribution is 2.19. The Balaban J connectivity index is 2.12. The highest BCUT2D eigenvalue weighted by molar-refractivity contribution is 5.46. The summed E-state index contributed by atoms with van der Waals surface area (Å²) in [5, 5.41) is 7.81. The summed E-state index contributed by atoms with van der Waals surface area (Å²) in [5.74, 6) is 0. The van der Waals surface area contributed by atoms with Crippen molar-refractivity contribution in [2.24, 2.45) is 5.73 Å². The Morgan fingerprint density at radius 1 is 1.26 bits per heavy atom. The number of anilines is 1. The third-order valence-corrected chi connectivity index (χ3v) is 3.18. The van der Waals surface area contributed by atoms with Crippen molar-refractivity contribution >= 4 is 5.69 Å². The molecule has 0 spiro atoms. The molecular weight excluding hydrogens is 236 g/mol. The van der Waals surface area contributed by atoms with Crippen molar-refractivity contribution in [1.29, 1.82) is 0 Å². The molecule has 1 unspecified atom stereocenters. The number of hydrogen-bond acceptors (Lipinski definition) is 3. The van der Waals surface area contributed by atoms with E-state index in [0.717, 1.165) is 11.3 Å².